The number of aryl methyl sites for hydroxylation is 1. The van der Waals surface area contributed by atoms with E-state index in [9.17, 15) is 29.4 Å². The molecule has 196 valence electrons. The van der Waals surface area contributed by atoms with Gasteiger partial charge >= 0.3 is 11.9 Å². The molecule has 2 amide bonds. The van der Waals surface area contributed by atoms with Gasteiger partial charge in [-0.2, -0.15) is 0 Å². The highest BCUT2D eigenvalue weighted by Crippen LogP contribution is 2.35. The summed E-state index contributed by atoms with van der Waals surface area (Å²) in [5, 5.41) is 24.8. The van der Waals surface area contributed by atoms with Crippen molar-refractivity contribution >= 4 is 29.4 Å². The number of carbonyl (C=O) groups is 4. The molecule has 0 aliphatic carbocycles. The third kappa shape index (κ3) is 5.78. The van der Waals surface area contributed by atoms with E-state index in [0.717, 1.165) is 5.56 Å². The number of anilines is 1. The number of aromatic carboxylic acids is 2. The number of rotatable bonds is 8. The van der Waals surface area contributed by atoms with Gasteiger partial charge in [0.1, 0.15) is 11.5 Å². The molecule has 0 aromatic heterocycles. The van der Waals surface area contributed by atoms with Crippen molar-refractivity contribution in [3.05, 3.63) is 113 Å². The van der Waals surface area contributed by atoms with Gasteiger partial charge in [-0.1, -0.05) is 29.8 Å². The van der Waals surface area contributed by atoms with Gasteiger partial charge in [0.05, 0.1) is 11.1 Å². The van der Waals surface area contributed by atoms with Crippen LogP contribution in [0.5, 0.6) is 11.5 Å². The van der Waals surface area contributed by atoms with E-state index in [-0.39, 0.29) is 33.4 Å². The number of carboxylic acids is 2. The fourth-order valence-electron chi connectivity index (χ4n) is 4.06. The smallest absolute Gasteiger partial charge is 0.336 e. The zero-order chi connectivity index (χ0) is 28.1. The summed E-state index contributed by atoms with van der Waals surface area (Å²) < 4.78 is 5.81. The minimum Gasteiger partial charge on any atom is -0.478 e. The number of amides is 2. The van der Waals surface area contributed by atoms with Crippen molar-refractivity contribution in [1.82, 2.24) is 5.32 Å². The van der Waals surface area contributed by atoms with Crippen LogP contribution in [0.15, 0.2) is 84.9 Å². The number of ether oxygens (including phenoxy) is 1. The Morgan fingerprint density at radius 3 is 1.54 bits per heavy atom. The van der Waals surface area contributed by atoms with Gasteiger partial charge in [-0.25, -0.2) is 9.59 Å². The van der Waals surface area contributed by atoms with Crippen molar-refractivity contribution in [3.8, 4) is 22.6 Å². The Hall–Kier alpha value is -5.44. The van der Waals surface area contributed by atoms with E-state index in [0.29, 0.717) is 17.2 Å². The fraction of sp³-hybridized carbons (Fsp3) is 0.0667. The monoisotopic (exact) mass is 524 g/mol. The molecule has 4 N–H and O–H groups in total. The molecule has 4 aromatic rings. The highest BCUT2D eigenvalue weighted by molar-refractivity contribution is 6.17. The van der Waals surface area contributed by atoms with Crippen LogP contribution in [0, 0.1) is 6.92 Å². The average Bonchev–Trinajstić information content (AvgIpc) is 2.93. The predicted octanol–water partition coefficient (Wildman–Crippen LogP) is 5.46. The number of hydrogen-bond acceptors (Lipinski definition) is 5. The number of hydrogen-bond donors (Lipinski definition) is 4. The van der Waals surface area contributed by atoms with Crippen molar-refractivity contribution in [2.24, 2.45) is 0 Å². The zero-order valence-electron chi connectivity index (χ0n) is 21.0. The number of nitrogens with one attached hydrogen (secondary N) is 2. The summed E-state index contributed by atoms with van der Waals surface area (Å²) in [4.78, 5) is 50.4. The van der Waals surface area contributed by atoms with E-state index in [2.05, 4.69) is 10.6 Å². The topological polar surface area (TPSA) is 142 Å². The van der Waals surface area contributed by atoms with Crippen LogP contribution in [0.4, 0.5) is 5.69 Å². The number of carbonyl (C=O) groups excluding carboxylic acids is 2. The molecule has 0 saturated heterocycles. The molecule has 0 heterocycles. The van der Waals surface area contributed by atoms with Crippen molar-refractivity contribution < 1.29 is 34.1 Å². The van der Waals surface area contributed by atoms with Gasteiger partial charge in [0, 0.05) is 35.0 Å². The molecule has 4 aromatic carbocycles. The average molecular weight is 525 g/mol. The Kier molecular flexibility index (Phi) is 7.72. The largest absolute Gasteiger partial charge is 0.478 e. The fourth-order valence-corrected chi connectivity index (χ4v) is 4.06. The Labute approximate surface area is 223 Å². The highest BCUT2D eigenvalue weighted by atomic mass is 16.5. The summed E-state index contributed by atoms with van der Waals surface area (Å²) in [5.74, 6) is -2.90. The Bertz CT molecular complexity index is 1540. The first-order valence-corrected chi connectivity index (χ1v) is 11.8. The first-order valence-electron chi connectivity index (χ1n) is 11.8. The van der Waals surface area contributed by atoms with Gasteiger partial charge in [0.15, 0.2) is 0 Å². The lowest BCUT2D eigenvalue weighted by Gasteiger charge is -2.18. The Balaban J connectivity index is 1.75. The molecule has 9 nitrogen and oxygen atoms in total. The number of benzene rings is 4. The molecule has 39 heavy (non-hydrogen) atoms. The third-order valence-electron chi connectivity index (χ3n) is 5.92. The van der Waals surface area contributed by atoms with Crippen LogP contribution < -0.4 is 15.4 Å². The molecule has 0 unspecified atom stereocenters. The van der Waals surface area contributed by atoms with E-state index in [1.54, 1.807) is 24.3 Å². The van der Waals surface area contributed by atoms with Crippen LogP contribution in [-0.4, -0.2) is 41.0 Å². The van der Waals surface area contributed by atoms with Gasteiger partial charge in [-0.15, -0.1) is 0 Å². The summed E-state index contributed by atoms with van der Waals surface area (Å²) >= 11 is 0. The molecular weight excluding hydrogens is 500 g/mol. The zero-order valence-corrected chi connectivity index (χ0v) is 21.0. The first kappa shape index (κ1) is 26.6. The molecule has 0 aliphatic rings. The SMILES string of the molecule is CNC(=O)c1cccc(C(=O)Nc2ccc(Oc3ccc(C)cc3)cc2)c1-c1c(C(=O)O)cccc1C(=O)O. The van der Waals surface area contributed by atoms with Crippen LogP contribution in [0.2, 0.25) is 0 Å². The summed E-state index contributed by atoms with van der Waals surface area (Å²) in [6.45, 7) is 1.97. The molecular formula is C30H24N2O7. The maximum atomic E-state index is 13.5. The highest BCUT2D eigenvalue weighted by Gasteiger charge is 2.28. The van der Waals surface area contributed by atoms with Crippen LogP contribution >= 0.6 is 0 Å². The maximum absolute atomic E-state index is 13.5. The Morgan fingerprint density at radius 1 is 0.615 bits per heavy atom. The first-order chi connectivity index (χ1) is 18.7. The second-order valence-electron chi connectivity index (χ2n) is 8.54. The third-order valence-corrected chi connectivity index (χ3v) is 5.92. The second-order valence-corrected chi connectivity index (χ2v) is 8.54. The van der Waals surface area contributed by atoms with E-state index in [1.165, 1.54) is 43.4 Å². The van der Waals surface area contributed by atoms with Crippen LogP contribution in [0.3, 0.4) is 0 Å². The lowest BCUT2D eigenvalue weighted by Crippen LogP contribution is -2.22. The van der Waals surface area contributed by atoms with Gasteiger partial charge in [0.2, 0.25) is 0 Å². The van der Waals surface area contributed by atoms with Gasteiger partial charge in [-0.3, -0.25) is 9.59 Å². The van der Waals surface area contributed by atoms with E-state index in [1.807, 2.05) is 31.2 Å². The van der Waals surface area contributed by atoms with Crippen molar-refractivity contribution in [3.63, 3.8) is 0 Å². The molecule has 9 heteroatoms. The van der Waals surface area contributed by atoms with E-state index < -0.39 is 23.8 Å². The van der Waals surface area contributed by atoms with Crippen LogP contribution in [-0.2, 0) is 0 Å². The molecule has 0 aliphatic heterocycles. The molecule has 0 spiro atoms. The molecule has 0 fully saturated rings. The van der Waals surface area contributed by atoms with Gasteiger partial charge < -0.3 is 25.6 Å². The lowest BCUT2D eigenvalue weighted by molar-refractivity contribution is 0.0696. The standard InChI is InChI=1S/C30H24N2O7/c1-17-9-13-19(14-10-17)39-20-15-11-18(12-16-20)32-28(34)22-6-3-5-21(27(33)31-2)25(22)26-23(29(35)36)7-4-8-24(26)30(37)38/h3-16H,1-2H3,(H,31,33)(H,32,34)(H,35,36)(H,37,38). The van der Waals surface area contributed by atoms with Crippen LogP contribution in [0.25, 0.3) is 11.1 Å². The summed E-state index contributed by atoms with van der Waals surface area (Å²) in [6.07, 6.45) is 0. The molecule has 4 rings (SSSR count). The molecule has 0 radical (unpaired) electrons. The van der Waals surface area contributed by atoms with Crippen molar-refractivity contribution in [2.75, 3.05) is 12.4 Å². The summed E-state index contributed by atoms with van der Waals surface area (Å²) in [7, 11) is 1.38. The van der Waals surface area contributed by atoms with Crippen molar-refractivity contribution in [2.45, 2.75) is 6.92 Å². The molecule has 0 saturated carbocycles. The quantitative estimate of drug-likeness (QED) is 0.240. The van der Waals surface area contributed by atoms with E-state index >= 15 is 0 Å². The summed E-state index contributed by atoms with van der Waals surface area (Å²) in [6, 6.07) is 22.1. The summed E-state index contributed by atoms with van der Waals surface area (Å²) in [5.41, 5.74) is 0.290. The number of carboxylic acid groups (broad SMARTS) is 2. The Morgan fingerprint density at radius 2 is 1.05 bits per heavy atom. The van der Waals surface area contributed by atoms with Gasteiger partial charge in [-0.05, 0) is 67.6 Å². The van der Waals surface area contributed by atoms with Gasteiger partial charge in [0.25, 0.3) is 11.8 Å². The minimum absolute atomic E-state index is 0.0526. The van der Waals surface area contributed by atoms with E-state index in [4.69, 9.17) is 4.74 Å². The normalized spacial score (nSPS) is 10.4. The minimum atomic E-state index is -1.41. The maximum Gasteiger partial charge on any atom is 0.336 e. The van der Waals surface area contributed by atoms with Crippen LogP contribution in [0.1, 0.15) is 47.0 Å². The second kappa shape index (κ2) is 11.3. The molecule has 0 bridgehead atoms. The predicted molar refractivity (Wildman–Crippen MR) is 145 cm³/mol. The molecule has 0 atom stereocenters. The lowest BCUT2D eigenvalue weighted by atomic mass is 9.87. The van der Waals surface area contributed by atoms with Crippen molar-refractivity contribution in [1.29, 1.82) is 0 Å².